The second-order valence-electron chi connectivity index (χ2n) is 9.67. The predicted molar refractivity (Wildman–Crippen MR) is 133 cm³/mol. The molecular formula is C27H32N2O2S. The van der Waals surface area contributed by atoms with E-state index in [1.54, 1.807) is 11.3 Å². The molecule has 2 aliphatic rings. The van der Waals surface area contributed by atoms with Crippen LogP contribution in [-0.2, 0) is 12.8 Å². The summed E-state index contributed by atoms with van der Waals surface area (Å²) in [5.74, 6) is 1.52. The zero-order valence-corrected chi connectivity index (χ0v) is 20.2. The highest BCUT2D eigenvalue weighted by molar-refractivity contribution is 7.16. The van der Waals surface area contributed by atoms with Gasteiger partial charge in [0, 0.05) is 10.4 Å². The van der Waals surface area contributed by atoms with Crippen LogP contribution in [0.4, 0.5) is 5.00 Å². The van der Waals surface area contributed by atoms with Gasteiger partial charge in [0.05, 0.1) is 12.2 Å². The van der Waals surface area contributed by atoms with Crippen molar-refractivity contribution in [3.05, 3.63) is 58.0 Å². The SMILES string of the molecule is CCOc1ccc2ccccc2c1C1NC(=O)c2c(sc3c2CCC(C(C)(C)CC)C3)N1. The topological polar surface area (TPSA) is 50.4 Å². The smallest absolute Gasteiger partial charge is 0.256 e. The van der Waals surface area contributed by atoms with Gasteiger partial charge in [-0.05, 0) is 59.9 Å². The number of rotatable bonds is 5. The van der Waals surface area contributed by atoms with Crippen LogP contribution in [0.25, 0.3) is 10.8 Å². The number of anilines is 1. The molecule has 3 aromatic rings. The summed E-state index contributed by atoms with van der Waals surface area (Å²) >= 11 is 1.78. The van der Waals surface area contributed by atoms with Crippen LogP contribution in [-0.4, -0.2) is 12.5 Å². The van der Waals surface area contributed by atoms with E-state index in [2.05, 4.69) is 49.6 Å². The molecule has 2 atom stereocenters. The Labute approximate surface area is 194 Å². The van der Waals surface area contributed by atoms with E-state index in [0.29, 0.717) is 17.9 Å². The Balaban J connectivity index is 1.53. The first-order valence-electron chi connectivity index (χ1n) is 11.8. The summed E-state index contributed by atoms with van der Waals surface area (Å²) < 4.78 is 5.98. The van der Waals surface area contributed by atoms with Crippen molar-refractivity contribution in [2.24, 2.45) is 11.3 Å². The molecule has 1 amide bonds. The summed E-state index contributed by atoms with van der Waals surface area (Å²) in [6.07, 6.45) is 4.09. The molecule has 168 valence electrons. The third kappa shape index (κ3) is 3.47. The zero-order chi connectivity index (χ0) is 22.5. The van der Waals surface area contributed by atoms with Gasteiger partial charge in [0.1, 0.15) is 16.9 Å². The lowest BCUT2D eigenvalue weighted by molar-refractivity contribution is 0.0934. The minimum atomic E-state index is -0.314. The van der Waals surface area contributed by atoms with Crippen LogP contribution in [0.5, 0.6) is 5.75 Å². The standard InChI is InChI=1S/C27H32N2O2S/c1-5-27(3,4)17-12-13-19-21(15-17)32-26-23(19)25(30)28-24(29-26)22-18-10-8-7-9-16(18)11-14-20(22)31-6-2/h7-11,14,17,24,29H,5-6,12-13,15H2,1-4H3,(H,28,30). The summed E-state index contributed by atoms with van der Waals surface area (Å²) in [4.78, 5) is 14.7. The molecule has 4 nitrogen and oxygen atoms in total. The molecule has 2 aromatic carbocycles. The number of amides is 1. The Bertz CT molecular complexity index is 1180. The fourth-order valence-electron chi connectivity index (χ4n) is 5.25. The summed E-state index contributed by atoms with van der Waals surface area (Å²) in [7, 11) is 0. The van der Waals surface area contributed by atoms with Gasteiger partial charge in [-0.1, -0.05) is 57.5 Å². The number of carbonyl (C=O) groups excluding carboxylic acids is 1. The minimum absolute atomic E-state index is 0.0323. The molecule has 0 spiro atoms. The lowest BCUT2D eigenvalue weighted by Crippen LogP contribution is -2.38. The largest absolute Gasteiger partial charge is 0.493 e. The van der Waals surface area contributed by atoms with Crippen LogP contribution in [0.2, 0.25) is 0 Å². The number of hydrogen-bond acceptors (Lipinski definition) is 4. The van der Waals surface area contributed by atoms with Gasteiger partial charge in [0.15, 0.2) is 0 Å². The van der Waals surface area contributed by atoms with Crippen molar-refractivity contribution in [2.75, 3.05) is 11.9 Å². The van der Waals surface area contributed by atoms with E-state index in [1.165, 1.54) is 16.9 Å². The number of benzene rings is 2. The molecule has 1 aliphatic carbocycles. The maximum Gasteiger partial charge on any atom is 0.256 e. The molecule has 5 rings (SSSR count). The molecule has 1 aromatic heterocycles. The fraction of sp³-hybridized carbons (Fsp3) is 0.444. The molecule has 0 fully saturated rings. The highest BCUT2D eigenvalue weighted by atomic mass is 32.1. The molecule has 0 radical (unpaired) electrons. The lowest BCUT2D eigenvalue weighted by atomic mass is 9.69. The lowest BCUT2D eigenvalue weighted by Gasteiger charge is -2.36. The quantitative estimate of drug-likeness (QED) is 0.457. The Morgan fingerprint density at radius 1 is 1.12 bits per heavy atom. The van der Waals surface area contributed by atoms with Crippen molar-refractivity contribution in [3.8, 4) is 5.75 Å². The highest BCUT2D eigenvalue weighted by Gasteiger charge is 2.38. The van der Waals surface area contributed by atoms with Crippen molar-refractivity contribution >= 4 is 33.0 Å². The molecule has 0 bridgehead atoms. The third-order valence-corrected chi connectivity index (χ3v) is 8.76. The summed E-state index contributed by atoms with van der Waals surface area (Å²) in [6.45, 7) is 9.62. The number of ether oxygens (including phenoxy) is 1. The molecule has 1 aliphatic heterocycles. The monoisotopic (exact) mass is 448 g/mol. The van der Waals surface area contributed by atoms with E-state index in [9.17, 15) is 4.79 Å². The van der Waals surface area contributed by atoms with Crippen LogP contribution in [0.3, 0.4) is 0 Å². The minimum Gasteiger partial charge on any atom is -0.493 e. The predicted octanol–water partition coefficient (Wildman–Crippen LogP) is 6.70. The highest BCUT2D eigenvalue weighted by Crippen LogP contribution is 2.47. The van der Waals surface area contributed by atoms with Crippen molar-refractivity contribution in [1.29, 1.82) is 0 Å². The molecule has 2 unspecified atom stereocenters. The molecular weight excluding hydrogens is 416 g/mol. The average Bonchev–Trinajstić information content (AvgIpc) is 3.17. The molecule has 0 saturated carbocycles. The van der Waals surface area contributed by atoms with Gasteiger partial charge in [0.2, 0.25) is 0 Å². The number of hydrogen-bond donors (Lipinski definition) is 2. The zero-order valence-electron chi connectivity index (χ0n) is 19.4. The third-order valence-electron chi connectivity index (χ3n) is 7.58. The average molecular weight is 449 g/mol. The normalized spacial score (nSPS) is 20.3. The Morgan fingerprint density at radius 3 is 2.72 bits per heavy atom. The van der Waals surface area contributed by atoms with E-state index in [-0.39, 0.29) is 12.1 Å². The number of nitrogens with one attached hydrogen (secondary N) is 2. The van der Waals surface area contributed by atoms with Gasteiger partial charge in [-0.25, -0.2) is 0 Å². The first-order chi connectivity index (χ1) is 15.4. The number of carbonyl (C=O) groups is 1. The molecule has 32 heavy (non-hydrogen) atoms. The Kier molecular flexibility index (Phi) is 5.40. The van der Waals surface area contributed by atoms with Gasteiger partial charge in [-0.3, -0.25) is 4.79 Å². The van der Waals surface area contributed by atoms with Gasteiger partial charge < -0.3 is 15.4 Å². The van der Waals surface area contributed by atoms with Crippen molar-refractivity contribution in [2.45, 2.75) is 59.5 Å². The molecule has 2 heterocycles. The summed E-state index contributed by atoms with van der Waals surface area (Å²) in [5.41, 5.74) is 3.46. The van der Waals surface area contributed by atoms with Gasteiger partial charge in [-0.2, -0.15) is 0 Å². The van der Waals surface area contributed by atoms with Crippen LogP contribution < -0.4 is 15.4 Å². The molecule has 5 heteroatoms. The first kappa shape index (κ1) is 21.3. The summed E-state index contributed by atoms with van der Waals surface area (Å²) in [6, 6.07) is 12.4. The van der Waals surface area contributed by atoms with Crippen LogP contribution in [0.1, 0.15) is 73.1 Å². The second-order valence-corrected chi connectivity index (χ2v) is 10.8. The molecule has 0 saturated heterocycles. The Morgan fingerprint density at radius 2 is 1.94 bits per heavy atom. The fourth-order valence-corrected chi connectivity index (χ4v) is 6.61. The van der Waals surface area contributed by atoms with E-state index in [1.807, 2.05) is 25.1 Å². The molecule has 2 N–H and O–H groups in total. The Hall–Kier alpha value is -2.53. The van der Waals surface area contributed by atoms with Gasteiger partial charge >= 0.3 is 0 Å². The van der Waals surface area contributed by atoms with E-state index in [0.717, 1.165) is 51.9 Å². The van der Waals surface area contributed by atoms with E-state index >= 15 is 0 Å². The number of fused-ring (bicyclic) bond motifs is 4. The van der Waals surface area contributed by atoms with Crippen LogP contribution >= 0.6 is 11.3 Å². The maximum atomic E-state index is 13.4. The van der Waals surface area contributed by atoms with Crippen molar-refractivity contribution < 1.29 is 9.53 Å². The number of thiophene rings is 1. The van der Waals surface area contributed by atoms with E-state index < -0.39 is 0 Å². The second kappa shape index (κ2) is 8.11. The summed E-state index contributed by atoms with van der Waals surface area (Å²) in [5, 5.41) is 10.2. The van der Waals surface area contributed by atoms with Crippen LogP contribution in [0, 0.1) is 11.3 Å². The van der Waals surface area contributed by atoms with Crippen molar-refractivity contribution in [1.82, 2.24) is 5.32 Å². The van der Waals surface area contributed by atoms with Gasteiger partial charge in [-0.15, -0.1) is 11.3 Å². The van der Waals surface area contributed by atoms with Crippen molar-refractivity contribution in [3.63, 3.8) is 0 Å². The maximum absolute atomic E-state index is 13.4. The van der Waals surface area contributed by atoms with E-state index in [4.69, 9.17) is 4.74 Å². The first-order valence-corrected chi connectivity index (χ1v) is 12.6. The van der Waals surface area contributed by atoms with Crippen LogP contribution in [0.15, 0.2) is 36.4 Å². The van der Waals surface area contributed by atoms with Gasteiger partial charge in [0.25, 0.3) is 5.91 Å².